The molecule has 2 heterocycles. The van der Waals surface area contributed by atoms with Gasteiger partial charge in [0.05, 0.1) is 11.2 Å². The average molecular weight is 473 g/mol. The first kappa shape index (κ1) is 25.2. The second kappa shape index (κ2) is 8.65. The van der Waals surface area contributed by atoms with Crippen LogP contribution < -0.4 is 9.80 Å². The number of para-hydroxylation sites is 1. The van der Waals surface area contributed by atoms with Gasteiger partial charge in [-0.15, -0.1) is 0 Å². The molecule has 2 aromatic rings. The van der Waals surface area contributed by atoms with E-state index in [0.717, 1.165) is 36.2 Å². The molecule has 4 rings (SSSR count). The molecule has 0 aliphatic carbocycles. The van der Waals surface area contributed by atoms with E-state index < -0.39 is 0 Å². The summed E-state index contributed by atoms with van der Waals surface area (Å²) < 4.78 is 0. The van der Waals surface area contributed by atoms with Crippen LogP contribution in [0.3, 0.4) is 0 Å². The molecular weight excluding hydrogens is 432 g/mol. The van der Waals surface area contributed by atoms with Crippen molar-refractivity contribution in [1.29, 1.82) is 0 Å². The van der Waals surface area contributed by atoms with Crippen LogP contribution in [0.1, 0.15) is 97.8 Å². The van der Waals surface area contributed by atoms with E-state index in [9.17, 15) is 9.59 Å². The number of allylic oxidation sites excluding steroid dienone is 1. The molecule has 0 N–H and O–H groups in total. The lowest BCUT2D eigenvalue weighted by Gasteiger charge is -2.51. The summed E-state index contributed by atoms with van der Waals surface area (Å²) in [6.07, 6.45) is 5.50. The highest BCUT2D eigenvalue weighted by Gasteiger charge is 2.47. The molecule has 0 bridgehead atoms. The predicted molar refractivity (Wildman–Crippen MR) is 146 cm³/mol. The van der Waals surface area contributed by atoms with E-state index in [4.69, 9.17) is 0 Å². The fourth-order valence-corrected chi connectivity index (χ4v) is 6.62. The quantitative estimate of drug-likeness (QED) is 0.470. The van der Waals surface area contributed by atoms with Crippen LogP contribution in [0, 0.1) is 0 Å². The molecule has 0 fully saturated rings. The second-order valence-corrected chi connectivity index (χ2v) is 11.7. The third-order valence-electron chi connectivity index (χ3n) is 7.88. The molecule has 186 valence electrons. The van der Waals surface area contributed by atoms with Crippen molar-refractivity contribution in [3.8, 4) is 0 Å². The number of nitrogens with zero attached hydrogens (tertiary/aromatic N) is 2. The summed E-state index contributed by atoms with van der Waals surface area (Å²) in [7, 11) is 0. The number of hydrogen-bond acceptors (Lipinski definition) is 2. The Morgan fingerprint density at radius 2 is 1.63 bits per heavy atom. The molecule has 2 aromatic carbocycles. The molecule has 0 aromatic heterocycles. The number of amides is 2. The van der Waals surface area contributed by atoms with Gasteiger partial charge in [0.2, 0.25) is 11.8 Å². The van der Waals surface area contributed by atoms with Crippen molar-refractivity contribution in [1.82, 2.24) is 0 Å². The molecule has 0 spiro atoms. The van der Waals surface area contributed by atoms with Gasteiger partial charge in [0, 0.05) is 35.5 Å². The first-order valence-electron chi connectivity index (χ1n) is 12.9. The minimum Gasteiger partial charge on any atom is -0.307 e. The van der Waals surface area contributed by atoms with E-state index in [1.165, 1.54) is 16.7 Å². The SMILES string of the molecule is CCCCC(=O)N1c2ccc(C3(C)CC(C)(C)N(C(C)=O)c4ccccc43)cc2C(C)=CC1(C)C. The largest absolute Gasteiger partial charge is 0.307 e. The third-order valence-corrected chi connectivity index (χ3v) is 7.88. The first-order valence-corrected chi connectivity index (χ1v) is 12.9. The van der Waals surface area contributed by atoms with Gasteiger partial charge in [-0.2, -0.15) is 0 Å². The van der Waals surface area contributed by atoms with Crippen molar-refractivity contribution in [2.45, 2.75) is 97.6 Å². The first-order chi connectivity index (χ1) is 16.3. The van der Waals surface area contributed by atoms with Crippen LogP contribution >= 0.6 is 0 Å². The number of unbranched alkanes of at least 4 members (excludes halogenated alkanes) is 1. The van der Waals surface area contributed by atoms with Crippen LogP contribution in [-0.4, -0.2) is 22.9 Å². The average Bonchev–Trinajstić information content (AvgIpc) is 2.76. The Morgan fingerprint density at radius 1 is 0.943 bits per heavy atom. The van der Waals surface area contributed by atoms with Crippen LogP contribution in [0.2, 0.25) is 0 Å². The number of anilines is 2. The van der Waals surface area contributed by atoms with Crippen LogP contribution in [0.15, 0.2) is 48.5 Å². The van der Waals surface area contributed by atoms with Crippen molar-refractivity contribution in [3.63, 3.8) is 0 Å². The Hall–Kier alpha value is -2.88. The summed E-state index contributed by atoms with van der Waals surface area (Å²) >= 11 is 0. The van der Waals surface area contributed by atoms with E-state index in [-0.39, 0.29) is 28.3 Å². The zero-order chi connectivity index (χ0) is 25.8. The molecule has 35 heavy (non-hydrogen) atoms. The van der Waals surface area contributed by atoms with Gasteiger partial charge >= 0.3 is 0 Å². The molecule has 1 atom stereocenters. The van der Waals surface area contributed by atoms with Crippen LogP contribution in [-0.2, 0) is 15.0 Å². The number of carbonyl (C=O) groups is 2. The predicted octanol–water partition coefficient (Wildman–Crippen LogP) is 7.25. The Morgan fingerprint density at radius 3 is 2.29 bits per heavy atom. The summed E-state index contributed by atoms with van der Waals surface area (Å²) in [6.45, 7) is 16.8. The molecule has 2 amide bonds. The zero-order valence-corrected chi connectivity index (χ0v) is 22.7. The lowest BCUT2D eigenvalue weighted by molar-refractivity contribution is -0.119. The minimum absolute atomic E-state index is 0.0668. The fourth-order valence-electron chi connectivity index (χ4n) is 6.62. The van der Waals surface area contributed by atoms with Gasteiger partial charge in [0.25, 0.3) is 0 Å². The highest BCUT2D eigenvalue weighted by Crippen LogP contribution is 2.51. The third kappa shape index (κ3) is 4.11. The summed E-state index contributed by atoms with van der Waals surface area (Å²) in [5.74, 6) is 0.249. The Bertz CT molecular complexity index is 1210. The normalized spacial score (nSPS) is 22.2. The molecule has 2 aliphatic heterocycles. The summed E-state index contributed by atoms with van der Waals surface area (Å²) in [5.41, 5.74) is 5.72. The van der Waals surface area contributed by atoms with Crippen molar-refractivity contribution >= 4 is 28.8 Å². The van der Waals surface area contributed by atoms with Gasteiger partial charge in [-0.25, -0.2) is 0 Å². The monoisotopic (exact) mass is 472 g/mol. The lowest BCUT2D eigenvalue weighted by atomic mass is 9.64. The molecule has 0 saturated carbocycles. The maximum Gasteiger partial charge on any atom is 0.227 e. The molecular formula is C31H40N2O2. The van der Waals surface area contributed by atoms with Crippen molar-refractivity contribution in [2.24, 2.45) is 0 Å². The standard InChI is InChI=1S/C31H40N2O2/c1-9-10-15-28(35)33-26-17-16-23(18-24(26)21(2)19-29(33,4)5)31(8)20-30(6,7)32(22(3)34)27-14-12-11-13-25(27)31/h11-14,16-19H,9-10,15,20H2,1-8H3. The van der Waals surface area contributed by atoms with E-state index in [0.29, 0.717) is 6.42 Å². The molecule has 2 aliphatic rings. The van der Waals surface area contributed by atoms with Gasteiger partial charge in [-0.1, -0.05) is 50.6 Å². The van der Waals surface area contributed by atoms with Crippen molar-refractivity contribution in [3.05, 3.63) is 65.2 Å². The van der Waals surface area contributed by atoms with Crippen LogP contribution in [0.25, 0.3) is 5.57 Å². The minimum atomic E-state index is -0.366. The number of carbonyl (C=O) groups excluding carboxylic acids is 2. The highest BCUT2D eigenvalue weighted by atomic mass is 16.2. The number of hydrogen-bond donors (Lipinski definition) is 0. The van der Waals surface area contributed by atoms with Gasteiger partial charge < -0.3 is 9.80 Å². The smallest absolute Gasteiger partial charge is 0.227 e. The maximum absolute atomic E-state index is 13.3. The van der Waals surface area contributed by atoms with Crippen molar-refractivity contribution in [2.75, 3.05) is 9.80 Å². The van der Waals surface area contributed by atoms with Gasteiger partial charge in [-0.05, 0) is 82.4 Å². The summed E-state index contributed by atoms with van der Waals surface area (Å²) in [6, 6.07) is 14.9. The van der Waals surface area contributed by atoms with Crippen LogP contribution in [0.4, 0.5) is 11.4 Å². The number of rotatable bonds is 4. The summed E-state index contributed by atoms with van der Waals surface area (Å²) in [5, 5.41) is 0. The maximum atomic E-state index is 13.3. The molecule has 0 saturated heterocycles. The molecule has 1 unspecified atom stereocenters. The summed E-state index contributed by atoms with van der Waals surface area (Å²) in [4.78, 5) is 29.9. The van der Waals surface area contributed by atoms with E-state index in [2.05, 4.69) is 90.9 Å². The lowest BCUT2D eigenvalue weighted by Crippen LogP contribution is -2.55. The van der Waals surface area contributed by atoms with Gasteiger partial charge in [0.1, 0.15) is 0 Å². The Labute approximate surface area is 211 Å². The fraction of sp³-hybridized carbons (Fsp3) is 0.484. The molecule has 4 heteroatoms. The zero-order valence-electron chi connectivity index (χ0n) is 22.7. The highest BCUT2D eigenvalue weighted by molar-refractivity contribution is 6.00. The van der Waals surface area contributed by atoms with E-state index >= 15 is 0 Å². The number of fused-ring (bicyclic) bond motifs is 2. The van der Waals surface area contributed by atoms with Crippen molar-refractivity contribution < 1.29 is 9.59 Å². The van der Waals surface area contributed by atoms with Crippen LogP contribution in [0.5, 0.6) is 0 Å². The Kier molecular flexibility index (Phi) is 6.24. The molecule has 4 nitrogen and oxygen atoms in total. The van der Waals surface area contributed by atoms with Gasteiger partial charge in [0.15, 0.2) is 0 Å². The van der Waals surface area contributed by atoms with Gasteiger partial charge in [-0.3, -0.25) is 9.59 Å². The number of benzene rings is 2. The van der Waals surface area contributed by atoms with E-state index in [1.807, 2.05) is 15.9 Å². The molecule has 0 radical (unpaired) electrons. The second-order valence-electron chi connectivity index (χ2n) is 11.7. The van der Waals surface area contributed by atoms with E-state index in [1.54, 1.807) is 6.92 Å². The Balaban J connectivity index is 1.87. The topological polar surface area (TPSA) is 40.6 Å².